The van der Waals surface area contributed by atoms with Crippen molar-refractivity contribution < 1.29 is 19.1 Å². The van der Waals surface area contributed by atoms with E-state index in [1.807, 2.05) is 19.9 Å². The summed E-state index contributed by atoms with van der Waals surface area (Å²) in [7, 11) is 0. The number of ketones is 1. The molecular weight excluding hydrogens is 338 g/mol. The summed E-state index contributed by atoms with van der Waals surface area (Å²) in [5.74, 6) is -0.649. The van der Waals surface area contributed by atoms with Crippen LogP contribution < -0.4 is 5.32 Å². The predicted octanol–water partition coefficient (Wildman–Crippen LogP) is 4.14. The fraction of sp³-hybridized carbons (Fsp3) is 0.316. The van der Waals surface area contributed by atoms with Gasteiger partial charge < -0.3 is 10.1 Å². The van der Waals surface area contributed by atoms with Crippen LogP contribution in [0.1, 0.15) is 50.2 Å². The van der Waals surface area contributed by atoms with Crippen molar-refractivity contribution in [1.29, 1.82) is 0 Å². The SMILES string of the molecule is CCOC(=O)c1ccc(NC(=O)CCC(=O)c2cc(C)sc2C)cc1. The van der Waals surface area contributed by atoms with Gasteiger partial charge >= 0.3 is 5.97 Å². The zero-order valence-electron chi connectivity index (χ0n) is 14.5. The van der Waals surface area contributed by atoms with Gasteiger partial charge in [-0.25, -0.2) is 4.79 Å². The molecule has 0 bridgehead atoms. The molecule has 0 aliphatic rings. The molecule has 1 N–H and O–H groups in total. The molecule has 0 aliphatic heterocycles. The second-order valence-electron chi connectivity index (χ2n) is 5.60. The van der Waals surface area contributed by atoms with Crippen LogP contribution in [0.4, 0.5) is 5.69 Å². The third-order valence-corrected chi connectivity index (χ3v) is 4.57. The molecule has 2 rings (SSSR count). The van der Waals surface area contributed by atoms with Crippen molar-refractivity contribution in [1.82, 2.24) is 0 Å². The highest BCUT2D eigenvalue weighted by Crippen LogP contribution is 2.22. The number of hydrogen-bond donors (Lipinski definition) is 1. The predicted molar refractivity (Wildman–Crippen MR) is 98.4 cm³/mol. The number of hydrogen-bond acceptors (Lipinski definition) is 5. The molecule has 1 aromatic heterocycles. The van der Waals surface area contributed by atoms with E-state index in [4.69, 9.17) is 4.74 Å². The van der Waals surface area contributed by atoms with Gasteiger partial charge in [0.25, 0.3) is 0 Å². The number of anilines is 1. The first-order valence-electron chi connectivity index (χ1n) is 8.08. The number of carbonyl (C=O) groups is 3. The van der Waals surface area contributed by atoms with Crippen molar-refractivity contribution in [3.63, 3.8) is 0 Å². The second kappa shape index (κ2) is 8.58. The van der Waals surface area contributed by atoms with Gasteiger partial charge in [-0.3, -0.25) is 9.59 Å². The molecule has 25 heavy (non-hydrogen) atoms. The van der Waals surface area contributed by atoms with Crippen LogP contribution in [0.2, 0.25) is 0 Å². The van der Waals surface area contributed by atoms with Crippen molar-refractivity contribution in [3.05, 3.63) is 51.2 Å². The van der Waals surface area contributed by atoms with E-state index in [9.17, 15) is 14.4 Å². The average molecular weight is 359 g/mol. The minimum absolute atomic E-state index is 0.0188. The Morgan fingerprint density at radius 2 is 1.76 bits per heavy atom. The number of rotatable bonds is 7. The Bertz CT molecular complexity index is 777. The van der Waals surface area contributed by atoms with E-state index < -0.39 is 5.97 Å². The Hall–Kier alpha value is -2.47. The Morgan fingerprint density at radius 3 is 2.32 bits per heavy atom. The number of amides is 1. The van der Waals surface area contributed by atoms with Gasteiger partial charge in [-0.15, -0.1) is 11.3 Å². The molecule has 0 radical (unpaired) electrons. The summed E-state index contributed by atoms with van der Waals surface area (Å²) >= 11 is 1.58. The number of thiophene rings is 1. The first-order chi connectivity index (χ1) is 11.9. The molecule has 0 saturated carbocycles. The van der Waals surface area contributed by atoms with Crippen LogP contribution >= 0.6 is 11.3 Å². The Balaban J connectivity index is 1.87. The second-order valence-corrected chi connectivity index (χ2v) is 7.06. The van der Waals surface area contributed by atoms with Crippen molar-refractivity contribution in [2.45, 2.75) is 33.6 Å². The Kier molecular flexibility index (Phi) is 6.47. The first-order valence-corrected chi connectivity index (χ1v) is 8.89. The number of benzene rings is 1. The zero-order valence-corrected chi connectivity index (χ0v) is 15.4. The van der Waals surface area contributed by atoms with E-state index in [-0.39, 0.29) is 24.5 Å². The van der Waals surface area contributed by atoms with Crippen LogP contribution in [-0.4, -0.2) is 24.3 Å². The lowest BCUT2D eigenvalue weighted by Gasteiger charge is -2.06. The van der Waals surface area contributed by atoms with E-state index in [0.29, 0.717) is 23.4 Å². The van der Waals surface area contributed by atoms with Crippen LogP contribution in [-0.2, 0) is 9.53 Å². The summed E-state index contributed by atoms with van der Waals surface area (Å²) in [6, 6.07) is 8.33. The molecule has 0 fully saturated rings. The summed E-state index contributed by atoms with van der Waals surface area (Å²) in [6.45, 7) is 5.93. The van der Waals surface area contributed by atoms with Crippen molar-refractivity contribution in [3.8, 4) is 0 Å². The molecule has 6 heteroatoms. The maximum absolute atomic E-state index is 12.2. The van der Waals surface area contributed by atoms with Gasteiger partial charge in [0.05, 0.1) is 12.2 Å². The number of esters is 1. The third-order valence-electron chi connectivity index (χ3n) is 3.60. The Morgan fingerprint density at radius 1 is 1.08 bits per heavy atom. The van der Waals surface area contributed by atoms with Crippen LogP contribution in [0, 0.1) is 13.8 Å². The fourth-order valence-electron chi connectivity index (χ4n) is 2.40. The lowest BCUT2D eigenvalue weighted by atomic mass is 10.1. The summed E-state index contributed by atoms with van der Waals surface area (Å²) in [4.78, 5) is 37.8. The molecule has 1 heterocycles. The van der Waals surface area contributed by atoms with E-state index in [2.05, 4.69) is 5.32 Å². The van der Waals surface area contributed by atoms with Crippen molar-refractivity contribution in [2.24, 2.45) is 0 Å². The van der Waals surface area contributed by atoms with E-state index >= 15 is 0 Å². The third kappa shape index (κ3) is 5.26. The zero-order chi connectivity index (χ0) is 18.4. The monoisotopic (exact) mass is 359 g/mol. The highest BCUT2D eigenvalue weighted by atomic mass is 32.1. The molecule has 1 aromatic carbocycles. The average Bonchev–Trinajstić information content (AvgIpc) is 2.92. The van der Waals surface area contributed by atoms with Gasteiger partial charge in [0.2, 0.25) is 5.91 Å². The minimum atomic E-state index is -0.396. The molecular formula is C19H21NO4S. The summed E-state index contributed by atoms with van der Waals surface area (Å²) in [5.41, 5.74) is 1.71. The lowest BCUT2D eigenvalue weighted by molar-refractivity contribution is -0.116. The maximum atomic E-state index is 12.2. The van der Waals surface area contributed by atoms with Crippen LogP contribution in [0.25, 0.3) is 0 Å². The molecule has 0 spiro atoms. The topological polar surface area (TPSA) is 72.5 Å². The molecule has 0 aliphatic carbocycles. The van der Waals surface area contributed by atoms with E-state index in [1.165, 1.54) is 0 Å². The molecule has 0 atom stereocenters. The highest BCUT2D eigenvalue weighted by molar-refractivity contribution is 7.12. The van der Waals surface area contributed by atoms with Gasteiger partial charge in [-0.1, -0.05) is 0 Å². The molecule has 0 saturated heterocycles. The quantitative estimate of drug-likeness (QED) is 0.595. The van der Waals surface area contributed by atoms with Crippen LogP contribution in [0.3, 0.4) is 0 Å². The molecule has 5 nitrogen and oxygen atoms in total. The largest absolute Gasteiger partial charge is 0.462 e. The van der Waals surface area contributed by atoms with Gasteiger partial charge in [-0.2, -0.15) is 0 Å². The summed E-state index contributed by atoms with van der Waals surface area (Å²) in [6.07, 6.45) is 0.288. The normalized spacial score (nSPS) is 10.4. The first kappa shape index (κ1) is 18.9. The van der Waals surface area contributed by atoms with Crippen LogP contribution in [0.15, 0.2) is 30.3 Å². The standard InChI is InChI=1S/C19H21NO4S/c1-4-24-19(23)14-5-7-15(8-6-14)20-18(22)10-9-17(21)16-11-12(2)25-13(16)3/h5-8,11H,4,9-10H2,1-3H3,(H,20,22). The lowest BCUT2D eigenvalue weighted by Crippen LogP contribution is -2.14. The maximum Gasteiger partial charge on any atom is 0.338 e. The summed E-state index contributed by atoms with van der Waals surface area (Å²) < 4.78 is 4.90. The summed E-state index contributed by atoms with van der Waals surface area (Å²) in [5, 5.41) is 2.73. The number of ether oxygens (including phenoxy) is 1. The number of aryl methyl sites for hydroxylation is 2. The fourth-order valence-corrected chi connectivity index (χ4v) is 3.34. The van der Waals surface area contributed by atoms with E-state index in [1.54, 1.807) is 42.5 Å². The number of Topliss-reactive ketones (excluding diaryl/α,β-unsaturated/α-hetero) is 1. The smallest absolute Gasteiger partial charge is 0.338 e. The molecule has 0 unspecified atom stereocenters. The van der Waals surface area contributed by atoms with E-state index in [0.717, 1.165) is 9.75 Å². The number of nitrogens with one attached hydrogen (secondary N) is 1. The van der Waals surface area contributed by atoms with Crippen LogP contribution in [0.5, 0.6) is 0 Å². The van der Waals surface area contributed by atoms with Gasteiger partial charge in [-0.05, 0) is 51.1 Å². The molecule has 132 valence electrons. The minimum Gasteiger partial charge on any atom is -0.462 e. The van der Waals surface area contributed by atoms with Gasteiger partial charge in [0, 0.05) is 33.8 Å². The van der Waals surface area contributed by atoms with Gasteiger partial charge in [0.15, 0.2) is 5.78 Å². The highest BCUT2D eigenvalue weighted by Gasteiger charge is 2.14. The van der Waals surface area contributed by atoms with Crippen molar-refractivity contribution >= 4 is 34.7 Å². The molecule has 2 aromatic rings. The molecule has 1 amide bonds. The Labute approximate surface area is 151 Å². The van der Waals surface area contributed by atoms with Gasteiger partial charge in [0.1, 0.15) is 0 Å². The number of carbonyl (C=O) groups excluding carboxylic acids is 3. The van der Waals surface area contributed by atoms with Crippen molar-refractivity contribution in [2.75, 3.05) is 11.9 Å².